The summed E-state index contributed by atoms with van der Waals surface area (Å²) in [5.74, 6) is -0.372. The van der Waals surface area contributed by atoms with Gasteiger partial charge in [-0.15, -0.1) is 0 Å². The van der Waals surface area contributed by atoms with E-state index in [1.54, 1.807) is 18.2 Å². The van der Waals surface area contributed by atoms with Crippen molar-refractivity contribution in [2.75, 3.05) is 7.11 Å². The third kappa shape index (κ3) is 5.67. The van der Waals surface area contributed by atoms with Crippen LogP contribution in [0.4, 0.5) is 17.6 Å². The van der Waals surface area contributed by atoms with E-state index in [0.29, 0.717) is 26.9 Å². The molecule has 0 bridgehead atoms. The van der Waals surface area contributed by atoms with Gasteiger partial charge >= 0.3 is 6.18 Å². The van der Waals surface area contributed by atoms with E-state index in [0.717, 1.165) is 39.4 Å². The quantitative estimate of drug-likeness (QED) is 0.168. The second-order valence-electron chi connectivity index (χ2n) is 10.3. The molecule has 5 aromatic rings. The predicted molar refractivity (Wildman–Crippen MR) is 174 cm³/mol. The van der Waals surface area contributed by atoms with Gasteiger partial charge in [0.2, 0.25) is 0 Å². The molecule has 0 aliphatic heterocycles. The van der Waals surface area contributed by atoms with Crippen LogP contribution in [-0.2, 0) is 6.18 Å². The third-order valence-corrected chi connectivity index (χ3v) is 9.00. The summed E-state index contributed by atoms with van der Waals surface area (Å²) < 4.78 is 64.0. The lowest BCUT2D eigenvalue weighted by Gasteiger charge is -2.24. The number of alkyl halides is 3. The van der Waals surface area contributed by atoms with Crippen molar-refractivity contribution in [1.82, 2.24) is 0 Å². The lowest BCUT2D eigenvalue weighted by molar-refractivity contribution is -0.137. The Labute approximate surface area is 272 Å². The second-order valence-corrected chi connectivity index (χ2v) is 12.0. The normalized spacial score (nSPS) is 11.6. The molecule has 226 valence electrons. The van der Waals surface area contributed by atoms with Crippen molar-refractivity contribution in [3.8, 4) is 50.3 Å². The molecule has 5 rings (SSSR count). The summed E-state index contributed by atoms with van der Waals surface area (Å²) in [4.78, 5) is 0. The molecule has 0 saturated heterocycles. The highest BCUT2D eigenvalue weighted by Crippen LogP contribution is 2.51. The van der Waals surface area contributed by atoms with Gasteiger partial charge in [0.25, 0.3) is 0 Å². The van der Waals surface area contributed by atoms with Gasteiger partial charge < -0.3 is 4.74 Å². The molecule has 0 aliphatic carbocycles. The van der Waals surface area contributed by atoms with Gasteiger partial charge in [0.1, 0.15) is 11.6 Å². The van der Waals surface area contributed by atoms with Gasteiger partial charge in [-0.1, -0.05) is 76.7 Å². The highest BCUT2D eigenvalue weighted by Gasteiger charge is 2.35. The van der Waals surface area contributed by atoms with Crippen LogP contribution in [0.5, 0.6) is 5.75 Å². The maximum absolute atomic E-state index is 16.8. The maximum atomic E-state index is 16.8. The van der Waals surface area contributed by atoms with Crippen LogP contribution in [0.15, 0.2) is 72.8 Å². The molecular formula is C35H24Cl4F4O. The van der Waals surface area contributed by atoms with Crippen molar-refractivity contribution in [2.24, 2.45) is 0 Å². The molecule has 0 spiro atoms. The minimum atomic E-state index is -4.74. The number of aryl methyl sites for hydroxylation is 2. The number of halogens is 8. The first-order valence-corrected chi connectivity index (χ1v) is 14.9. The number of ether oxygens (including phenoxy) is 1. The van der Waals surface area contributed by atoms with Crippen molar-refractivity contribution >= 4 is 46.4 Å². The summed E-state index contributed by atoms with van der Waals surface area (Å²) in [7, 11) is 1.53. The zero-order valence-electron chi connectivity index (χ0n) is 23.9. The second kappa shape index (κ2) is 12.3. The van der Waals surface area contributed by atoms with Gasteiger partial charge in [0, 0.05) is 37.9 Å². The van der Waals surface area contributed by atoms with E-state index in [2.05, 4.69) is 0 Å². The molecule has 0 amide bonds. The summed E-state index contributed by atoms with van der Waals surface area (Å²) in [5, 5.41) is 0.353. The Morgan fingerprint density at radius 1 is 0.614 bits per heavy atom. The summed E-state index contributed by atoms with van der Waals surface area (Å²) in [6, 6.07) is 19.0. The molecule has 0 N–H and O–H groups in total. The minimum absolute atomic E-state index is 0.0912. The molecule has 0 fully saturated rings. The van der Waals surface area contributed by atoms with E-state index in [4.69, 9.17) is 51.1 Å². The summed E-state index contributed by atoms with van der Waals surface area (Å²) in [6.45, 7) is 5.65. The molecule has 9 heteroatoms. The fourth-order valence-corrected chi connectivity index (χ4v) is 6.52. The third-order valence-electron chi connectivity index (χ3n) is 7.63. The van der Waals surface area contributed by atoms with Crippen LogP contribution >= 0.6 is 46.4 Å². The molecule has 0 aromatic heterocycles. The Morgan fingerprint density at radius 3 is 1.93 bits per heavy atom. The maximum Gasteiger partial charge on any atom is 0.417 e. The Morgan fingerprint density at radius 2 is 1.27 bits per heavy atom. The summed E-state index contributed by atoms with van der Waals surface area (Å²) >= 11 is 25.5. The SMILES string of the molecule is COc1c(-c2cccc(Cl)c2C)c(C)cc(-c2ccc(Cl)c(-c3cccc(C(F)(F)F)c3Cl)c2F)c1-c1ccc(Cl)cc1C. The van der Waals surface area contributed by atoms with Crippen molar-refractivity contribution in [2.45, 2.75) is 26.9 Å². The number of rotatable bonds is 5. The van der Waals surface area contributed by atoms with Crippen LogP contribution < -0.4 is 4.74 Å². The lowest BCUT2D eigenvalue weighted by atomic mass is 9.84. The number of methoxy groups -OCH3 is 1. The van der Waals surface area contributed by atoms with Crippen LogP contribution in [-0.4, -0.2) is 7.11 Å². The predicted octanol–water partition coefficient (Wildman–Crippen LogP) is 13.1. The zero-order chi connectivity index (χ0) is 32.1. The van der Waals surface area contributed by atoms with E-state index < -0.39 is 22.6 Å². The largest absolute Gasteiger partial charge is 0.495 e. The van der Waals surface area contributed by atoms with Crippen molar-refractivity contribution < 1.29 is 22.3 Å². The average molecular weight is 678 g/mol. The molecule has 0 unspecified atom stereocenters. The molecule has 5 aromatic carbocycles. The molecular weight excluding hydrogens is 654 g/mol. The fourth-order valence-electron chi connectivity index (χ4n) is 5.54. The van der Waals surface area contributed by atoms with E-state index in [9.17, 15) is 13.2 Å². The van der Waals surface area contributed by atoms with Gasteiger partial charge in [-0.3, -0.25) is 0 Å². The number of hydrogen-bond acceptors (Lipinski definition) is 1. The van der Waals surface area contributed by atoms with Gasteiger partial charge in [-0.2, -0.15) is 13.2 Å². The van der Waals surface area contributed by atoms with Crippen LogP contribution in [0.1, 0.15) is 22.3 Å². The summed E-state index contributed by atoms with van der Waals surface area (Å²) in [5.41, 5.74) is 4.28. The van der Waals surface area contributed by atoms with Crippen LogP contribution in [0.3, 0.4) is 0 Å². The van der Waals surface area contributed by atoms with Crippen LogP contribution in [0, 0.1) is 26.6 Å². The van der Waals surface area contributed by atoms with Gasteiger partial charge in [0.15, 0.2) is 0 Å². The van der Waals surface area contributed by atoms with E-state index in [-0.39, 0.29) is 21.7 Å². The van der Waals surface area contributed by atoms with Crippen LogP contribution in [0.2, 0.25) is 20.1 Å². The van der Waals surface area contributed by atoms with Gasteiger partial charge in [-0.25, -0.2) is 4.39 Å². The molecule has 44 heavy (non-hydrogen) atoms. The first-order chi connectivity index (χ1) is 20.8. The molecule has 1 nitrogen and oxygen atoms in total. The minimum Gasteiger partial charge on any atom is -0.495 e. The highest BCUT2D eigenvalue weighted by molar-refractivity contribution is 6.37. The Bertz CT molecular complexity index is 1930. The number of benzene rings is 5. The first-order valence-electron chi connectivity index (χ1n) is 13.3. The Hall–Kier alpha value is -3.22. The van der Waals surface area contributed by atoms with Crippen molar-refractivity contribution in [3.63, 3.8) is 0 Å². The van der Waals surface area contributed by atoms with Crippen molar-refractivity contribution in [3.05, 3.63) is 121 Å². The monoisotopic (exact) mass is 676 g/mol. The fraction of sp³-hybridized carbons (Fsp3) is 0.143. The topological polar surface area (TPSA) is 9.23 Å². The van der Waals surface area contributed by atoms with E-state index in [1.807, 2.05) is 45.0 Å². The smallest absolute Gasteiger partial charge is 0.417 e. The highest BCUT2D eigenvalue weighted by atomic mass is 35.5. The van der Waals surface area contributed by atoms with E-state index >= 15 is 4.39 Å². The Balaban J connectivity index is 1.90. The molecule has 0 atom stereocenters. The van der Waals surface area contributed by atoms with E-state index in [1.165, 1.54) is 31.4 Å². The molecule has 0 heterocycles. The van der Waals surface area contributed by atoms with Crippen LogP contribution in [0.25, 0.3) is 44.5 Å². The number of hydrogen-bond donors (Lipinski definition) is 0. The average Bonchev–Trinajstić information content (AvgIpc) is 2.95. The van der Waals surface area contributed by atoms with Crippen molar-refractivity contribution in [1.29, 1.82) is 0 Å². The van der Waals surface area contributed by atoms with Gasteiger partial charge in [0.05, 0.1) is 22.7 Å². The first kappa shape index (κ1) is 32.2. The molecule has 0 aliphatic rings. The Kier molecular flexibility index (Phi) is 8.99. The van der Waals surface area contributed by atoms with Gasteiger partial charge in [-0.05, 0) is 96.6 Å². The molecule has 0 radical (unpaired) electrons. The standard InChI is InChI=1S/C35H24Cl4F4O/c1-17-15-20(36)11-12-21(17)30-25(16-18(2)29(34(30)44-4)22-7-6-10-27(37)19(22)3)23-13-14-28(38)31(33(23)40)24-8-5-9-26(32(24)39)35(41,42)43/h5-16H,1-4H3. The zero-order valence-corrected chi connectivity index (χ0v) is 26.9. The summed E-state index contributed by atoms with van der Waals surface area (Å²) in [6.07, 6.45) is -4.74. The lowest BCUT2D eigenvalue weighted by Crippen LogP contribution is -2.06. The molecule has 0 saturated carbocycles.